The van der Waals surface area contributed by atoms with Crippen molar-refractivity contribution in [2.24, 2.45) is 5.92 Å². The second-order valence-electron chi connectivity index (χ2n) is 7.86. The molecule has 2 fully saturated rings. The molecule has 0 unspecified atom stereocenters. The van der Waals surface area contributed by atoms with Gasteiger partial charge in [-0.3, -0.25) is 9.80 Å². The highest BCUT2D eigenvalue weighted by Crippen LogP contribution is 2.27. The van der Waals surface area contributed by atoms with E-state index < -0.39 is 0 Å². The lowest BCUT2D eigenvalue weighted by atomic mass is 9.94. The van der Waals surface area contributed by atoms with Gasteiger partial charge in [0.15, 0.2) is 0 Å². The Morgan fingerprint density at radius 3 is 2.52 bits per heavy atom. The van der Waals surface area contributed by atoms with Crippen molar-refractivity contribution in [3.05, 3.63) is 29.8 Å². The fraction of sp³-hybridized carbons (Fsp3) is 0.727. The van der Waals surface area contributed by atoms with Crippen LogP contribution in [0.25, 0.3) is 0 Å². The standard InChI is InChI=1S/C22H36N2O2S/c1-25-14-13-24(21-9-15-27-16-10-21)17-19-7-11-23(12-8-19)18-20-5-3-4-6-22(20)26-2/h3-6,19,21H,7-18H2,1-2H3. The molecule has 1 aromatic rings. The molecule has 3 rings (SSSR count). The Balaban J connectivity index is 1.48. The lowest BCUT2D eigenvalue weighted by molar-refractivity contribution is 0.0808. The Kier molecular flexibility index (Phi) is 8.78. The smallest absolute Gasteiger partial charge is 0.123 e. The Morgan fingerprint density at radius 1 is 1.07 bits per heavy atom. The number of rotatable bonds is 9. The highest BCUT2D eigenvalue weighted by Gasteiger charge is 2.26. The number of ether oxygens (including phenoxy) is 2. The zero-order chi connectivity index (χ0) is 18.9. The third kappa shape index (κ3) is 6.38. The summed E-state index contributed by atoms with van der Waals surface area (Å²) < 4.78 is 10.9. The van der Waals surface area contributed by atoms with Crippen LogP contribution in [0.1, 0.15) is 31.2 Å². The predicted molar refractivity (Wildman–Crippen MR) is 115 cm³/mol. The third-order valence-corrected chi connectivity index (χ3v) is 7.12. The number of thioether (sulfide) groups is 1. The molecule has 0 N–H and O–H groups in total. The molecule has 0 atom stereocenters. The zero-order valence-electron chi connectivity index (χ0n) is 17.1. The lowest BCUT2D eigenvalue weighted by Gasteiger charge is -2.39. The van der Waals surface area contributed by atoms with Gasteiger partial charge in [0.2, 0.25) is 0 Å². The van der Waals surface area contributed by atoms with Crippen LogP contribution in [0.2, 0.25) is 0 Å². The summed E-state index contributed by atoms with van der Waals surface area (Å²) in [5.41, 5.74) is 1.31. The molecule has 152 valence electrons. The average molecular weight is 393 g/mol. The van der Waals surface area contributed by atoms with Gasteiger partial charge in [-0.1, -0.05) is 18.2 Å². The van der Waals surface area contributed by atoms with E-state index in [1.54, 1.807) is 7.11 Å². The maximum atomic E-state index is 5.52. The molecular formula is C22H36N2O2S. The molecule has 0 amide bonds. The van der Waals surface area contributed by atoms with Crippen molar-refractivity contribution in [3.8, 4) is 5.75 Å². The van der Waals surface area contributed by atoms with E-state index >= 15 is 0 Å². The predicted octanol–water partition coefficient (Wildman–Crippen LogP) is 3.75. The molecule has 2 saturated heterocycles. The molecule has 4 nitrogen and oxygen atoms in total. The summed E-state index contributed by atoms with van der Waals surface area (Å²) in [6.07, 6.45) is 5.31. The van der Waals surface area contributed by atoms with E-state index in [4.69, 9.17) is 9.47 Å². The van der Waals surface area contributed by atoms with Gasteiger partial charge in [0.05, 0.1) is 13.7 Å². The molecule has 2 aliphatic rings. The van der Waals surface area contributed by atoms with Crippen molar-refractivity contribution in [1.82, 2.24) is 9.80 Å². The van der Waals surface area contributed by atoms with Gasteiger partial charge < -0.3 is 9.47 Å². The number of piperidine rings is 1. The molecule has 0 aliphatic carbocycles. The Hall–Kier alpha value is -0.750. The minimum atomic E-state index is 0.771. The number of nitrogens with zero attached hydrogens (tertiary/aromatic N) is 2. The minimum Gasteiger partial charge on any atom is -0.496 e. The van der Waals surface area contributed by atoms with Crippen molar-refractivity contribution in [2.75, 3.05) is 58.5 Å². The van der Waals surface area contributed by atoms with Crippen molar-refractivity contribution >= 4 is 11.8 Å². The van der Waals surface area contributed by atoms with Crippen LogP contribution in [0.4, 0.5) is 0 Å². The lowest BCUT2D eigenvalue weighted by Crippen LogP contribution is -2.45. The molecule has 0 bridgehead atoms. The second kappa shape index (κ2) is 11.3. The molecule has 0 aromatic heterocycles. The molecular weight excluding hydrogens is 356 g/mol. The van der Waals surface area contributed by atoms with Crippen LogP contribution in [0.5, 0.6) is 5.75 Å². The molecule has 2 aliphatic heterocycles. The Labute approximate surface area is 169 Å². The van der Waals surface area contributed by atoms with Crippen molar-refractivity contribution in [2.45, 2.75) is 38.3 Å². The first-order valence-electron chi connectivity index (χ1n) is 10.4. The van der Waals surface area contributed by atoms with Gasteiger partial charge in [-0.15, -0.1) is 0 Å². The largest absolute Gasteiger partial charge is 0.496 e. The van der Waals surface area contributed by atoms with Crippen LogP contribution >= 0.6 is 11.8 Å². The normalized spacial score (nSPS) is 20.3. The van der Waals surface area contributed by atoms with Crippen molar-refractivity contribution < 1.29 is 9.47 Å². The van der Waals surface area contributed by atoms with Gasteiger partial charge in [0.25, 0.3) is 0 Å². The topological polar surface area (TPSA) is 24.9 Å². The van der Waals surface area contributed by atoms with Gasteiger partial charge in [0.1, 0.15) is 5.75 Å². The van der Waals surface area contributed by atoms with Gasteiger partial charge in [-0.25, -0.2) is 0 Å². The summed E-state index contributed by atoms with van der Waals surface area (Å²) >= 11 is 2.12. The number of likely N-dealkylation sites (tertiary alicyclic amines) is 1. The number of methoxy groups -OCH3 is 2. The van der Waals surface area contributed by atoms with Crippen molar-refractivity contribution in [3.63, 3.8) is 0 Å². The quantitative estimate of drug-likeness (QED) is 0.637. The Bertz CT molecular complexity index is 543. The van der Waals surface area contributed by atoms with Crippen LogP contribution in [0.15, 0.2) is 24.3 Å². The molecule has 5 heteroatoms. The van der Waals surface area contributed by atoms with Gasteiger partial charge >= 0.3 is 0 Å². The molecule has 1 aromatic carbocycles. The summed E-state index contributed by atoms with van der Waals surface area (Å²) in [5, 5.41) is 0. The Morgan fingerprint density at radius 2 is 1.81 bits per heavy atom. The highest BCUT2D eigenvalue weighted by atomic mass is 32.2. The van der Waals surface area contributed by atoms with E-state index in [1.165, 1.54) is 62.4 Å². The number of hydrogen-bond acceptors (Lipinski definition) is 5. The SMILES string of the molecule is COCCN(CC1CCN(Cc2ccccc2OC)CC1)C1CCSCC1. The van der Waals surface area contributed by atoms with E-state index in [1.807, 2.05) is 13.2 Å². The van der Waals surface area contributed by atoms with Gasteiger partial charge in [0, 0.05) is 38.3 Å². The fourth-order valence-corrected chi connectivity index (χ4v) is 5.50. The van der Waals surface area contributed by atoms with E-state index in [0.717, 1.165) is 37.4 Å². The van der Waals surface area contributed by atoms with Crippen LogP contribution in [0, 0.1) is 5.92 Å². The molecule has 0 saturated carbocycles. The number of hydrogen-bond donors (Lipinski definition) is 0. The van der Waals surface area contributed by atoms with Crippen LogP contribution in [0.3, 0.4) is 0 Å². The second-order valence-corrected chi connectivity index (χ2v) is 9.09. The zero-order valence-corrected chi connectivity index (χ0v) is 17.9. The molecule has 2 heterocycles. The van der Waals surface area contributed by atoms with E-state index in [2.05, 4.69) is 39.8 Å². The highest BCUT2D eigenvalue weighted by molar-refractivity contribution is 7.99. The van der Waals surface area contributed by atoms with Gasteiger partial charge in [-0.05, 0) is 62.3 Å². The summed E-state index contributed by atoms with van der Waals surface area (Å²) in [6, 6.07) is 9.19. The van der Waals surface area contributed by atoms with Crippen molar-refractivity contribution in [1.29, 1.82) is 0 Å². The van der Waals surface area contributed by atoms with E-state index in [9.17, 15) is 0 Å². The first-order valence-corrected chi connectivity index (χ1v) is 11.6. The first-order chi connectivity index (χ1) is 13.3. The fourth-order valence-electron chi connectivity index (χ4n) is 4.42. The average Bonchev–Trinajstić information content (AvgIpc) is 2.73. The van der Waals surface area contributed by atoms with Gasteiger partial charge in [-0.2, -0.15) is 11.8 Å². The van der Waals surface area contributed by atoms with Crippen LogP contribution < -0.4 is 4.74 Å². The maximum Gasteiger partial charge on any atom is 0.123 e. The summed E-state index contributed by atoms with van der Waals surface area (Å²) in [4.78, 5) is 5.33. The monoisotopic (exact) mass is 392 g/mol. The third-order valence-electron chi connectivity index (χ3n) is 6.08. The molecule has 27 heavy (non-hydrogen) atoms. The van der Waals surface area contributed by atoms with Crippen LogP contribution in [-0.4, -0.2) is 74.4 Å². The minimum absolute atomic E-state index is 0.771. The van der Waals surface area contributed by atoms with E-state index in [-0.39, 0.29) is 0 Å². The molecule has 0 spiro atoms. The van der Waals surface area contributed by atoms with E-state index in [0.29, 0.717) is 0 Å². The summed E-state index contributed by atoms with van der Waals surface area (Å²) in [5.74, 6) is 4.49. The molecule has 0 radical (unpaired) electrons. The first kappa shape index (κ1) is 21.0. The summed E-state index contributed by atoms with van der Waals surface area (Å²) in [7, 11) is 3.59. The van der Waals surface area contributed by atoms with Crippen LogP contribution in [-0.2, 0) is 11.3 Å². The maximum absolute atomic E-state index is 5.52. The summed E-state index contributed by atoms with van der Waals surface area (Å²) in [6.45, 7) is 6.59. The number of para-hydroxylation sites is 1. The number of benzene rings is 1.